The monoisotopic (exact) mass is 230 g/mol. The molecule has 94 valence electrons. The predicted octanol–water partition coefficient (Wildman–Crippen LogP) is 0.895. The van der Waals surface area contributed by atoms with E-state index in [2.05, 4.69) is 6.92 Å². The van der Waals surface area contributed by atoms with Gasteiger partial charge in [-0.25, -0.2) is 0 Å². The van der Waals surface area contributed by atoms with Crippen LogP contribution >= 0.6 is 0 Å². The third-order valence-corrected chi connectivity index (χ3v) is 3.08. The van der Waals surface area contributed by atoms with E-state index < -0.39 is 23.9 Å². The van der Waals surface area contributed by atoms with Gasteiger partial charge in [0.25, 0.3) is 0 Å². The highest BCUT2D eigenvalue weighted by Crippen LogP contribution is 2.34. The van der Waals surface area contributed by atoms with Gasteiger partial charge in [0, 0.05) is 5.92 Å². The van der Waals surface area contributed by atoms with Crippen molar-refractivity contribution in [3.05, 3.63) is 12.2 Å². The summed E-state index contributed by atoms with van der Waals surface area (Å²) < 4.78 is 0. The Morgan fingerprint density at radius 2 is 1.81 bits per heavy atom. The average molecular weight is 230 g/mol. The molecule has 0 aromatic heterocycles. The van der Waals surface area contributed by atoms with Crippen LogP contribution in [-0.4, -0.2) is 32.0 Å². The Morgan fingerprint density at radius 3 is 2.38 bits per heavy atom. The predicted molar refractivity (Wildman–Crippen MR) is 60.3 cm³/mol. The summed E-state index contributed by atoms with van der Waals surface area (Å²) in [5, 5.41) is 38.0. The zero-order chi connectivity index (χ0) is 12.2. The van der Waals surface area contributed by atoms with E-state index in [1.54, 1.807) is 0 Å². The molecule has 0 aliphatic heterocycles. The molecule has 4 heteroatoms. The second kappa shape index (κ2) is 5.27. The van der Waals surface area contributed by atoms with Crippen LogP contribution in [0, 0.1) is 5.92 Å². The minimum absolute atomic E-state index is 0.406. The Labute approximate surface area is 96.2 Å². The van der Waals surface area contributed by atoms with Crippen molar-refractivity contribution in [3.8, 4) is 0 Å². The first kappa shape index (κ1) is 13.6. The maximum atomic E-state index is 9.71. The van der Waals surface area contributed by atoms with Crippen LogP contribution in [0.1, 0.15) is 45.4 Å². The van der Waals surface area contributed by atoms with Gasteiger partial charge in [-0.1, -0.05) is 38.7 Å². The van der Waals surface area contributed by atoms with Crippen molar-refractivity contribution in [3.63, 3.8) is 0 Å². The zero-order valence-corrected chi connectivity index (χ0v) is 9.76. The van der Waals surface area contributed by atoms with Crippen LogP contribution in [-0.2, 0) is 0 Å². The van der Waals surface area contributed by atoms with Crippen molar-refractivity contribution in [2.75, 3.05) is 0 Å². The standard InChI is InChI=1S/C12H22O4/c1-2-3-4-5-6-10-7-8-11(13,14)9-12(10,15)16/h7-8,10,13-16H,2-6,9H2,1H3. The molecule has 0 fully saturated rings. The number of hydrogen-bond acceptors (Lipinski definition) is 4. The molecule has 4 nitrogen and oxygen atoms in total. The second-order valence-corrected chi connectivity index (χ2v) is 4.75. The molecule has 1 atom stereocenters. The third-order valence-electron chi connectivity index (χ3n) is 3.08. The first-order valence-electron chi connectivity index (χ1n) is 5.96. The van der Waals surface area contributed by atoms with Crippen molar-refractivity contribution >= 4 is 0 Å². The van der Waals surface area contributed by atoms with Crippen LogP contribution in [0.5, 0.6) is 0 Å². The molecule has 0 aromatic rings. The van der Waals surface area contributed by atoms with Gasteiger partial charge in [0.1, 0.15) is 0 Å². The van der Waals surface area contributed by atoms with E-state index in [1.807, 2.05) is 0 Å². The maximum Gasteiger partial charge on any atom is 0.187 e. The Hall–Kier alpha value is -0.420. The van der Waals surface area contributed by atoms with E-state index in [4.69, 9.17) is 0 Å². The average Bonchev–Trinajstić information content (AvgIpc) is 2.13. The van der Waals surface area contributed by atoms with Crippen molar-refractivity contribution in [1.29, 1.82) is 0 Å². The van der Waals surface area contributed by atoms with Gasteiger partial charge >= 0.3 is 0 Å². The van der Waals surface area contributed by atoms with Crippen LogP contribution in [0.3, 0.4) is 0 Å². The molecule has 0 spiro atoms. The minimum atomic E-state index is -2.09. The van der Waals surface area contributed by atoms with E-state index in [-0.39, 0.29) is 0 Å². The van der Waals surface area contributed by atoms with Gasteiger partial charge in [0.15, 0.2) is 11.6 Å². The van der Waals surface area contributed by atoms with Crippen LogP contribution < -0.4 is 0 Å². The Morgan fingerprint density at radius 1 is 1.12 bits per heavy atom. The third kappa shape index (κ3) is 3.87. The van der Waals surface area contributed by atoms with Gasteiger partial charge < -0.3 is 20.4 Å². The van der Waals surface area contributed by atoms with Gasteiger partial charge in [0.05, 0.1) is 6.42 Å². The van der Waals surface area contributed by atoms with Crippen molar-refractivity contribution in [2.24, 2.45) is 5.92 Å². The Kier molecular flexibility index (Phi) is 4.50. The number of aliphatic hydroxyl groups is 4. The van der Waals surface area contributed by atoms with Gasteiger partial charge in [0.2, 0.25) is 0 Å². The van der Waals surface area contributed by atoms with E-state index in [0.29, 0.717) is 6.42 Å². The normalized spacial score (nSPS) is 26.9. The van der Waals surface area contributed by atoms with Crippen molar-refractivity contribution in [2.45, 2.75) is 57.0 Å². The highest BCUT2D eigenvalue weighted by atomic mass is 16.5. The molecule has 0 heterocycles. The lowest BCUT2D eigenvalue weighted by Gasteiger charge is -2.37. The lowest BCUT2D eigenvalue weighted by Crippen LogP contribution is -2.48. The quantitative estimate of drug-likeness (QED) is 0.321. The van der Waals surface area contributed by atoms with Gasteiger partial charge in [-0.15, -0.1) is 0 Å². The molecule has 4 N–H and O–H groups in total. The maximum absolute atomic E-state index is 9.71. The Balaban J connectivity index is 2.47. The highest BCUT2D eigenvalue weighted by Gasteiger charge is 2.43. The number of rotatable bonds is 5. The lowest BCUT2D eigenvalue weighted by atomic mass is 9.82. The summed E-state index contributed by atoms with van der Waals surface area (Å²) in [6, 6.07) is 0. The number of unbranched alkanes of at least 4 members (excludes halogenated alkanes) is 3. The topological polar surface area (TPSA) is 80.9 Å². The van der Waals surface area contributed by atoms with Crippen molar-refractivity contribution < 1.29 is 20.4 Å². The molecule has 0 radical (unpaired) electrons. The summed E-state index contributed by atoms with van der Waals surface area (Å²) in [5.41, 5.74) is 0. The van der Waals surface area contributed by atoms with Gasteiger partial charge in [-0.2, -0.15) is 0 Å². The van der Waals surface area contributed by atoms with E-state index in [9.17, 15) is 20.4 Å². The summed E-state index contributed by atoms with van der Waals surface area (Å²) in [6.07, 6.45) is 7.23. The van der Waals surface area contributed by atoms with E-state index in [1.165, 1.54) is 12.2 Å². The number of hydrogen-bond donors (Lipinski definition) is 4. The fraction of sp³-hybridized carbons (Fsp3) is 0.833. The largest absolute Gasteiger partial charge is 0.365 e. The fourth-order valence-electron chi connectivity index (χ4n) is 2.12. The molecule has 0 bridgehead atoms. The minimum Gasteiger partial charge on any atom is -0.365 e. The molecule has 1 aliphatic rings. The highest BCUT2D eigenvalue weighted by molar-refractivity contribution is 5.08. The van der Waals surface area contributed by atoms with Gasteiger partial charge in [-0.05, 0) is 12.5 Å². The molecule has 1 aliphatic carbocycles. The van der Waals surface area contributed by atoms with Crippen LogP contribution in [0.2, 0.25) is 0 Å². The molecular formula is C12H22O4. The van der Waals surface area contributed by atoms with E-state index in [0.717, 1.165) is 25.7 Å². The van der Waals surface area contributed by atoms with Crippen molar-refractivity contribution in [1.82, 2.24) is 0 Å². The van der Waals surface area contributed by atoms with Crippen LogP contribution in [0.4, 0.5) is 0 Å². The molecular weight excluding hydrogens is 208 g/mol. The zero-order valence-electron chi connectivity index (χ0n) is 9.76. The molecule has 0 saturated heterocycles. The SMILES string of the molecule is CCCCCCC1C=CC(O)(O)CC1(O)O. The molecule has 0 aromatic carbocycles. The molecule has 16 heavy (non-hydrogen) atoms. The molecule has 0 saturated carbocycles. The second-order valence-electron chi connectivity index (χ2n) is 4.75. The fourth-order valence-corrected chi connectivity index (χ4v) is 2.12. The molecule has 1 unspecified atom stereocenters. The van der Waals surface area contributed by atoms with Crippen LogP contribution in [0.15, 0.2) is 12.2 Å². The lowest BCUT2D eigenvalue weighted by molar-refractivity contribution is -0.261. The summed E-state index contributed by atoms with van der Waals surface area (Å²) in [4.78, 5) is 0. The molecule has 1 rings (SSSR count). The summed E-state index contributed by atoms with van der Waals surface area (Å²) in [6.45, 7) is 2.12. The van der Waals surface area contributed by atoms with Crippen LogP contribution in [0.25, 0.3) is 0 Å². The van der Waals surface area contributed by atoms with E-state index >= 15 is 0 Å². The van der Waals surface area contributed by atoms with Gasteiger partial charge in [-0.3, -0.25) is 0 Å². The summed E-state index contributed by atoms with van der Waals surface area (Å²) in [7, 11) is 0. The smallest absolute Gasteiger partial charge is 0.187 e. The molecule has 0 amide bonds. The Bertz CT molecular complexity index is 245. The first-order valence-corrected chi connectivity index (χ1v) is 5.96. The summed E-state index contributed by atoms with van der Waals surface area (Å²) >= 11 is 0. The summed E-state index contributed by atoms with van der Waals surface area (Å²) in [5.74, 6) is -4.51. The first-order chi connectivity index (χ1) is 7.37.